The zero-order valence-corrected chi connectivity index (χ0v) is 9.57. The second-order valence-corrected chi connectivity index (χ2v) is 3.90. The Balaban J connectivity index is 2.62. The quantitative estimate of drug-likeness (QED) is 0.611. The van der Waals surface area contributed by atoms with Crippen LogP contribution in [0.25, 0.3) is 11.0 Å². The Morgan fingerprint density at radius 1 is 1.25 bits per heavy atom. The topological polar surface area (TPSA) is 63.8 Å². The van der Waals surface area contributed by atoms with E-state index >= 15 is 0 Å². The Kier molecular flexibility index (Phi) is 3.01. The number of hydrogen-bond acceptors (Lipinski definition) is 4. The number of benzene rings is 1. The maximum Gasteiger partial charge on any atom is 0.162 e. The van der Waals surface area contributed by atoms with Crippen LogP contribution in [-0.4, -0.2) is 9.97 Å². The van der Waals surface area contributed by atoms with Gasteiger partial charge < -0.3 is 5.43 Å². The van der Waals surface area contributed by atoms with Gasteiger partial charge >= 0.3 is 0 Å². The number of nitrogens with zero attached hydrogens (tertiary/aromatic N) is 2. The van der Waals surface area contributed by atoms with Crippen LogP contribution >= 0.6 is 0 Å². The van der Waals surface area contributed by atoms with Gasteiger partial charge in [0.05, 0.1) is 16.7 Å². The van der Waals surface area contributed by atoms with Crippen LogP contribution in [0.2, 0.25) is 0 Å². The first-order valence-corrected chi connectivity index (χ1v) is 5.49. The summed E-state index contributed by atoms with van der Waals surface area (Å²) < 4.78 is 0. The van der Waals surface area contributed by atoms with Crippen LogP contribution in [0.15, 0.2) is 24.3 Å². The third-order valence-corrected chi connectivity index (χ3v) is 2.81. The summed E-state index contributed by atoms with van der Waals surface area (Å²) in [6, 6.07) is 7.81. The molecule has 0 aliphatic rings. The predicted molar refractivity (Wildman–Crippen MR) is 66.1 cm³/mol. The molecule has 84 valence electrons. The lowest BCUT2D eigenvalue weighted by atomic mass is 10.0. The fourth-order valence-corrected chi connectivity index (χ4v) is 1.66. The first-order valence-electron chi connectivity index (χ1n) is 5.49. The van der Waals surface area contributed by atoms with Gasteiger partial charge in [0, 0.05) is 5.92 Å². The lowest BCUT2D eigenvalue weighted by Gasteiger charge is -2.13. The Morgan fingerprint density at radius 2 is 1.88 bits per heavy atom. The number of para-hydroxylation sites is 2. The summed E-state index contributed by atoms with van der Waals surface area (Å²) >= 11 is 0. The predicted octanol–water partition coefficient (Wildman–Crippen LogP) is 2.43. The Morgan fingerprint density at radius 3 is 2.44 bits per heavy atom. The molecule has 1 unspecified atom stereocenters. The molecule has 1 aromatic heterocycles. The van der Waals surface area contributed by atoms with Crippen LogP contribution in [-0.2, 0) is 0 Å². The maximum atomic E-state index is 5.48. The highest BCUT2D eigenvalue weighted by molar-refractivity contribution is 5.76. The second kappa shape index (κ2) is 4.45. The van der Waals surface area contributed by atoms with Gasteiger partial charge in [-0.1, -0.05) is 26.0 Å². The summed E-state index contributed by atoms with van der Waals surface area (Å²) in [5, 5.41) is 0. The molecule has 0 saturated heterocycles. The third-order valence-electron chi connectivity index (χ3n) is 2.81. The molecule has 0 spiro atoms. The van der Waals surface area contributed by atoms with E-state index in [4.69, 9.17) is 5.84 Å². The van der Waals surface area contributed by atoms with Gasteiger partial charge in [-0.05, 0) is 18.6 Å². The van der Waals surface area contributed by atoms with E-state index in [0.29, 0.717) is 11.7 Å². The number of anilines is 1. The molecule has 0 aliphatic heterocycles. The van der Waals surface area contributed by atoms with E-state index in [1.165, 1.54) is 0 Å². The van der Waals surface area contributed by atoms with Crippen LogP contribution in [0.3, 0.4) is 0 Å². The van der Waals surface area contributed by atoms with Gasteiger partial charge in [-0.15, -0.1) is 0 Å². The van der Waals surface area contributed by atoms with Crippen molar-refractivity contribution in [2.45, 2.75) is 26.2 Å². The van der Waals surface area contributed by atoms with Crippen molar-refractivity contribution in [2.24, 2.45) is 5.84 Å². The molecule has 1 atom stereocenters. The van der Waals surface area contributed by atoms with Gasteiger partial charge in [0.25, 0.3) is 0 Å². The number of hydrazine groups is 1. The van der Waals surface area contributed by atoms with Crippen molar-refractivity contribution in [3.8, 4) is 0 Å². The van der Waals surface area contributed by atoms with Crippen LogP contribution in [0, 0.1) is 0 Å². The number of hydrogen-bond donors (Lipinski definition) is 2. The molecule has 0 bridgehead atoms. The van der Waals surface area contributed by atoms with Crippen molar-refractivity contribution in [1.29, 1.82) is 0 Å². The highest BCUT2D eigenvalue weighted by atomic mass is 15.3. The molecule has 0 fully saturated rings. The smallest absolute Gasteiger partial charge is 0.162 e. The van der Waals surface area contributed by atoms with Crippen molar-refractivity contribution in [1.82, 2.24) is 9.97 Å². The molecule has 0 radical (unpaired) electrons. The lowest BCUT2D eigenvalue weighted by Crippen LogP contribution is -2.13. The van der Waals surface area contributed by atoms with E-state index in [0.717, 1.165) is 23.1 Å². The molecule has 4 nitrogen and oxygen atoms in total. The van der Waals surface area contributed by atoms with Gasteiger partial charge in [-0.3, -0.25) is 0 Å². The molecule has 1 heterocycles. The summed E-state index contributed by atoms with van der Waals surface area (Å²) in [6.45, 7) is 4.25. The molecule has 1 aromatic carbocycles. The first kappa shape index (κ1) is 10.8. The molecule has 2 rings (SSSR count). The Labute approximate surface area is 94.9 Å². The molecular weight excluding hydrogens is 200 g/mol. The summed E-state index contributed by atoms with van der Waals surface area (Å²) in [5.74, 6) is 6.51. The number of nitrogens with one attached hydrogen (secondary N) is 1. The van der Waals surface area contributed by atoms with Crippen molar-refractivity contribution < 1.29 is 0 Å². The van der Waals surface area contributed by atoms with Crippen LogP contribution in [0.5, 0.6) is 0 Å². The molecule has 0 amide bonds. The minimum Gasteiger partial charge on any atom is -0.307 e. The fraction of sp³-hybridized carbons (Fsp3) is 0.333. The van der Waals surface area contributed by atoms with Crippen molar-refractivity contribution in [3.05, 3.63) is 30.0 Å². The number of aromatic nitrogens is 2. The highest BCUT2D eigenvalue weighted by Gasteiger charge is 2.12. The summed E-state index contributed by atoms with van der Waals surface area (Å²) in [5.41, 5.74) is 5.34. The van der Waals surface area contributed by atoms with Crippen LogP contribution < -0.4 is 11.3 Å². The van der Waals surface area contributed by atoms with E-state index < -0.39 is 0 Å². The lowest BCUT2D eigenvalue weighted by molar-refractivity contribution is 0.709. The van der Waals surface area contributed by atoms with Crippen molar-refractivity contribution >= 4 is 16.9 Å². The molecule has 4 heteroatoms. The largest absolute Gasteiger partial charge is 0.307 e. The average Bonchev–Trinajstić information content (AvgIpc) is 2.36. The van der Waals surface area contributed by atoms with Crippen molar-refractivity contribution in [3.63, 3.8) is 0 Å². The zero-order valence-electron chi connectivity index (χ0n) is 9.57. The van der Waals surface area contributed by atoms with Crippen LogP contribution in [0.4, 0.5) is 5.82 Å². The normalized spacial score (nSPS) is 12.7. The summed E-state index contributed by atoms with van der Waals surface area (Å²) in [6.07, 6.45) is 1.02. The Hall–Kier alpha value is -1.68. The van der Waals surface area contributed by atoms with Crippen molar-refractivity contribution in [2.75, 3.05) is 5.43 Å². The van der Waals surface area contributed by atoms with Gasteiger partial charge in [0.2, 0.25) is 0 Å². The van der Waals surface area contributed by atoms with Gasteiger partial charge in [-0.25, -0.2) is 15.8 Å². The molecular formula is C12H16N4. The van der Waals surface area contributed by atoms with Gasteiger partial charge in [0.15, 0.2) is 5.82 Å². The van der Waals surface area contributed by atoms with Crippen LogP contribution in [0.1, 0.15) is 31.9 Å². The van der Waals surface area contributed by atoms with Gasteiger partial charge in [0.1, 0.15) is 0 Å². The van der Waals surface area contributed by atoms with E-state index in [2.05, 4.69) is 29.2 Å². The summed E-state index contributed by atoms with van der Waals surface area (Å²) in [7, 11) is 0. The van der Waals surface area contributed by atoms with E-state index in [1.807, 2.05) is 24.3 Å². The van der Waals surface area contributed by atoms with E-state index in [1.54, 1.807) is 0 Å². The minimum atomic E-state index is 0.350. The molecule has 16 heavy (non-hydrogen) atoms. The number of fused-ring (bicyclic) bond motifs is 1. The minimum absolute atomic E-state index is 0.350. The maximum absolute atomic E-state index is 5.48. The standard InChI is InChI=1S/C12H16N4/c1-3-8(2)11-12(16-13)15-10-7-5-4-6-9(10)14-11/h4-8H,3,13H2,1-2H3,(H,15,16). The first-order chi connectivity index (χ1) is 7.76. The Bertz CT molecular complexity index is 495. The number of rotatable bonds is 3. The molecule has 3 N–H and O–H groups in total. The second-order valence-electron chi connectivity index (χ2n) is 3.90. The molecule has 0 aliphatic carbocycles. The molecule has 0 saturated carbocycles. The van der Waals surface area contributed by atoms with E-state index in [-0.39, 0.29) is 0 Å². The third kappa shape index (κ3) is 1.84. The van der Waals surface area contributed by atoms with Gasteiger partial charge in [-0.2, -0.15) is 0 Å². The van der Waals surface area contributed by atoms with E-state index in [9.17, 15) is 0 Å². The molecule has 2 aromatic rings. The highest BCUT2D eigenvalue weighted by Crippen LogP contribution is 2.25. The SMILES string of the molecule is CCC(C)c1nc2ccccc2nc1NN. The summed E-state index contributed by atoms with van der Waals surface area (Å²) in [4.78, 5) is 9.08. The zero-order chi connectivity index (χ0) is 11.5. The fourth-order valence-electron chi connectivity index (χ4n) is 1.66. The monoisotopic (exact) mass is 216 g/mol. The number of nitrogen functional groups attached to an aromatic ring is 1. The number of nitrogens with two attached hydrogens (primary N) is 1. The average molecular weight is 216 g/mol.